The maximum Gasteiger partial charge on any atom is 0.251 e. The number of amides is 3. The number of hydrogen-bond acceptors (Lipinski definition) is 3. The van der Waals surface area contributed by atoms with E-state index in [9.17, 15) is 14.4 Å². The summed E-state index contributed by atoms with van der Waals surface area (Å²) in [6.45, 7) is 3.87. The van der Waals surface area contributed by atoms with Crippen LogP contribution in [-0.2, 0) is 16.1 Å². The first-order valence-electron chi connectivity index (χ1n) is 9.01. The van der Waals surface area contributed by atoms with Gasteiger partial charge in [-0.1, -0.05) is 55.8 Å². The summed E-state index contributed by atoms with van der Waals surface area (Å²) in [5, 5.41) is 8.55. The summed E-state index contributed by atoms with van der Waals surface area (Å²) in [5.41, 5.74) is 1.38. The molecule has 6 nitrogen and oxygen atoms in total. The van der Waals surface area contributed by atoms with Crippen LogP contribution in [0.4, 0.5) is 0 Å². The lowest BCUT2D eigenvalue weighted by molar-refractivity contribution is -0.127. The molecule has 148 valence electrons. The summed E-state index contributed by atoms with van der Waals surface area (Å²) < 4.78 is 0. The second kappa shape index (κ2) is 10.5. The molecular formula is C21H24ClN3O3. The van der Waals surface area contributed by atoms with Crippen LogP contribution in [0, 0.1) is 5.92 Å². The highest BCUT2D eigenvalue weighted by Gasteiger charge is 2.25. The summed E-state index contributed by atoms with van der Waals surface area (Å²) in [6.07, 6.45) is 0. The Morgan fingerprint density at radius 1 is 0.929 bits per heavy atom. The predicted molar refractivity (Wildman–Crippen MR) is 109 cm³/mol. The van der Waals surface area contributed by atoms with Crippen LogP contribution >= 0.6 is 11.6 Å². The molecule has 0 aliphatic heterocycles. The lowest BCUT2D eigenvalue weighted by Crippen LogP contribution is -2.51. The summed E-state index contributed by atoms with van der Waals surface area (Å²) >= 11 is 5.82. The third kappa shape index (κ3) is 6.70. The average molecular weight is 402 g/mol. The van der Waals surface area contributed by atoms with E-state index in [1.54, 1.807) is 24.3 Å². The van der Waals surface area contributed by atoms with Crippen molar-refractivity contribution in [3.05, 3.63) is 70.7 Å². The lowest BCUT2D eigenvalue weighted by atomic mass is 10.0. The molecule has 0 aliphatic rings. The fraction of sp³-hybridized carbons (Fsp3) is 0.286. The Balaban J connectivity index is 1.85. The van der Waals surface area contributed by atoms with E-state index >= 15 is 0 Å². The van der Waals surface area contributed by atoms with Crippen LogP contribution in [0.1, 0.15) is 29.8 Å². The molecule has 2 aromatic rings. The molecule has 2 rings (SSSR count). The minimum atomic E-state index is -0.759. The van der Waals surface area contributed by atoms with Crippen LogP contribution in [-0.4, -0.2) is 30.3 Å². The largest absolute Gasteiger partial charge is 0.350 e. The Hall–Kier alpha value is -2.86. The van der Waals surface area contributed by atoms with Gasteiger partial charge in [-0.25, -0.2) is 0 Å². The van der Waals surface area contributed by atoms with Crippen LogP contribution in [0.3, 0.4) is 0 Å². The normalized spacial score (nSPS) is 11.6. The lowest BCUT2D eigenvalue weighted by Gasteiger charge is -2.21. The van der Waals surface area contributed by atoms with Gasteiger partial charge in [-0.05, 0) is 35.7 Å². The van der Waals surface area contributed by atoms with Gasteiger partial charge >= 0.3 is 0 Å². The van der Waals surface area contributed by atoms with Gasteiger partial charge in [0.05, 0.1) is 6.54 Å². The van der Waals surface area contributed by atoms with E-state index in [4.69, 9.17) is 11.6 Å². The van der Waals surface area contributed by atoms with Gasteiger partial charge in [0.25, 0.3) is 5.91 Å². The molecular weight excluding hydrogens is 378 g/mol. The molecule has 0 heterocycles. The monoisotopic (exact) mass is 401 g/mol. The quantitative estimate of drug-likeness (QED) is 0.635. The highest BCUT2D eigenvalue weighted by molar-refractivity contribution is 6.30. The van der Waals surface area contributed by atoms with Gasteiger partial charge in [-0.3, -0.25) is 14.4 Å². The highest BCUT2D eigenvalue weighted by Crippen LogP contribution is 2.10. The standard InChI is InChI=1S/C21H24ClN3O3/c1-14(2)19(25-20(27)16-8-10-17(22)11-9-16)21(28)24-13-18(26)23-12-15-6-4-3-5-7-15/h3-11,14,19H,12-13H2,1-2H3,(H,23,26)(H,24,28)(H,25,27). The van der Waals surface area contributed by atoms with Crippen molar-refractivity contribution in [3.8, 4) is 0 Å². The SMILES string of the molecule is CC(C)C(NC(=O)c1ccc(Cl)cc1)C(=O)NCC(=O)NCc1ccccc1. The van der Waals surface area contributed by atoms with Crippen molar-refractivity contribution in [1.29, 1.82) is 0 Å². The van der Waals surface area contributed by atoms with Gasteiger partial charge in [0, 0.05) is 17.1 Å². The summed E-state index contributed by atoms with van der Waals surface area (Å²) in [5.74, 6) is -1.24. The van der Waals surface area contributed by atoms with Crippen molar-refractivity contribution in [1.82, 2.24) is 16.0 Å². The molecule has 2 aromatic carbocycles. The molecule has 0 fully saturated rings. The van der Waals surface area contributed by atoms with Gasteiger partial charge in [0.15, 0.2) is 0 Å². The summed E-state index contributed by atoms with van der Waals surface area (Å²) in [6, 6.07) is 15.1. The summed E-state index contributed by atoms with van der Waals surface area (Å²) in [4.78, 5) is 36.8. The van der Waals surface area contributed by atoms with Crippen LogP contribution in [0.25, 0.3) is 0 Å². The van der Waals surface area contributed by atoms with Crippen molar-refractivity contribution in [2.24, 2.45) is 5.92 Å². The Morgan fingerprint density at radius 2 is 1.57 bits per heavy atom. The van der Waals surface area contributed by atoms with Gasteiger partial charge in [-0.2, -0.15) is 0 Å². The number of rotatable bonds is 8. The zero-order valence-corrected chi connectivity index (χ0v) is 16.6. The zero-order chi connectivity index (χ0) is 20.5. The van der Waals surface area contributed by atoms with E-state index in [0.717, 1.165) is 5.56 Å². The minimum Gasteiger partial charge on any atom is -0.350 e. The fourth-order valence-electron chi connectivity index (χ4n) is 2.50. The second-order valence-electron chi connectivity index (χ2n) is 6.68. The topological polar surface area (TPSA) is 87.3 Å². The molecule has 3 N–H and O–H groups in total. The van der Waals surface area contributed by atoms with Gasteiger partial charge in [0.1, 0.15) is 6.04 Å². The van der Waals surface area contributed by atoms with E-state index in [1.807, 2.05) is 44.2 Å². The Morgan fingerprint density at radius 3 is 2.18 bits per heavy atom. The van der Waals surface area contributed by atoms with Crippen LogP contribution < -0.4 is 16.0 Å². The van der Waals surface area contributed by atoms with Gasteiger partial charge in [0.2, 0.25) is 11.8 Å². The molecule has 0 saturated heterocycles. The van der Waals surface area contributed by atoms with E-state index in [2.05, 4.69) is 16.0 Å². The molecule has 0 aromatic heterocycles. The van der Waals surface area contributed by atoms with E-state index in [-0.39, 0.29) is 24.3 Å². The van der Waals surface area contributed by atoms with Crippen LogP contribution in [0.5, 0.6) is 0 Å². The van der Waals surface area contributed by atoms with E-state index in [1.165, 1.54) is 0 Å². The first kappa shape index (κ1) is 21.4. The first-order valence-corrected chi connectivity index (χ1v) is 9.39. The zero-order valence-electron chi connectivity index (χ0n) is 15.9. The molecule has 1 atom stereocenters. The Bertz CT molecular complexity index is 807. The fourth-order valence-corrected chi connectivity index (χ4v) is 2.62. The van der Waals surface area contributed by atoms with E-state index < -0.39 is 11.9 Å². The molecule has 0 radical (unpaired) electrons. The minimum absolute atomic E-state index is 0.149. The first-order chi connectivity index (χ1) is 13.4. The van der Waals surface area contributed by atoms with Crippen molar-refractivity contribution in [3.63, 3.8) is 0 Å². The molecule has 0 aliphatic carbocycles. The van der Waals surface area contributed by atoms with Gasteiger partial charge < -0.3 is 16.0 Å². The van der Waals surface area contributed by atoms with E-state index in [0.29, 0.717) is 17.1 Å². The smallest absolute Gasteiger partial charge is 0.251 e. The van der Waals surface area contributed by atoms with Crippen molar-refractivity contribution in [2.75, 3.05) is 6.54 Å². The van der Waals surface area contributed by atoms with Crippen molar-refractivity contribution < 1.29 is 14.4 Å². The third-order valence-corrected chi connectivity index (χ3v) is 4.35. The number of hydrogen-bond donors (Lipinski definition) is 3. The second-order valence-corrected chi connectivity index (χ2v) is 7.12. The molecule has 0 spiro atoms. The maximum absolute atomic E-state index is 12.5. The van der Waals surface area contributed by atoms with Crippen molar-refractivity contribution in [2.45, 2.75) is 26.4 Å². The Labute approximate surface area is 169 Å². The van der Waals surface area contributed by atoms with Gasteiger partial charge in [-0.15, -0.1) is 0 Å². The molecule has 1 unspecified atom stereocenters. The van der Waals surface area contributed by atoms with Crippen molar-refractivity contribution >= 4 is 29.3 Å². The predicted octanol–water partition coefficient (Wildman–Crippen LogP) is 2.53. The summed E-state index contributed by atoms with van der Waals surface area (Å²) in [7, 11) is 0. The number of halogens is 1. The van der Waals surface area contributed by atoms with Crippen LogP contribution in [0.2, 0.25) is 5.02 Å². The maximum atomic E-state index is 12.5. The van der Waals surface area contributed by atoms with Crippen LogP contribution in [0.15, 0.2) is 54.6 Å². The Kier molecular flexibility index (Phi) is 8.02. The third-order valence-electron chi connectivity index (χ3n) is 4.10. The number of carbonyl (C=O) groups excluding carboxylic acids is 3. The average Bonchev–Trinajstić information content (AvgIpc) is 2.69. The number of nitrogens with one attached hydrogen (secondary N) is 3. The number of carbonyl (C=O) groups is 3. The molecule has 28 heavy (non-hydrogen) atoms. The highest BCUT2D eigenvalue weighted by atomic mass is 35.5. The number of benzene rings is 2. The molecule has 0 bridgehead atoms. The molecule has 7 heteroatoms. The molecule has 0 saturated carbocycles. The molecule has 3 amide bonds.